The van der Waals surface area contributed by atoms with E-state index in [2.05, 4.69) is 20.9 Å². The lowest BCUT2D eigenvalue weighted by Crippen LogP contribution is -2.18. The molecule has 74 valence electrons. The first-order chi connectivity index (χ1) is 6.68. The van der Waals surface area contributed by atoms with Crippen LogP contribution in [0.1, 0.15) is 5.56 Å². The molecule has 0 aliphatic carbocycles. The molecule has 1 aliphatic heterocycles. The fourth-order valence-electron chi connectivity index (χ4n) is 1.50. The van der Waals surface area contributed by atoms with E-state index in [1.54, 1.807) is 6.34 Å². The van der Waals surface area contributed by atoms with Crippen molar-refractivity contribution in [1.82, 2.24) is 0 Å². The fourth-order valence-corrected chi connectivity index (χ4v) is 2.06. The molecule has 0 bridgehead atoms. The zero-order chi connectivity index (χ0) is 10.1. The molecule has 0 amide bonds. The molecule has 0 saturated carbocycles. The van der Waals surface area contributed by atoms with Crippen LogP contribution in [-0.2, 0) is 0 Å². The lowest BCUT2D eigenvalue weighted by atomic mass is 10.2. The molecule has 14 heavy (non-hydrogen) atoms. The van der Waals surface area contributed by atoms with Crippen molar-refractivity contribution in [1.29, 1.82) is 0 Å². The Morgan fingerprint density at radius 2 is 2.29 bits per heavy atom. The summed E-state index contributed by atoms with van der Waals surface area (Å²) in [6.45, 7) is 3.63. The Labute approximate surface area is 91.2 Å². The Morgan fingerprint density at radius 3 is 2.93 bits per heavy atom. The summed E-state index contributed by atoms with van der Waals surface area (Å²) in [6.07, 6.45) is 1.76. The zero-order valence-corrected chi connectivity index (χ0v) is 9.45. The largest absolute Gasteiger partial charge is 0.505 e. The molecule has 3 nitrogen and oxygen atoms in total. The van der Waals surface area contributed by atoms with Crippen molar-refractivity contribution in [2.45, 2.75) is 6.92 Å². The minimum Gasteiger partial charge on any atom is -0.505 e. The third-order valence-corrected chi connectivity index (χ3v) is 2.79. The summed E-state index contributed by atoms with van der Waals surface area (Å²) >= 11 is 3.32. The average Bonchev–Trinajstić information content (AvgIpc) is 2.63. The lowest BCUT2D eigenvalue weighted by molar-refractivity contribution is 0.472. The molecule has 0 aromatic heterocycles. The second-order valence-corrected chi connectivity index (χ2v) is 4.18. The van der Waals surface area contributed by atoms with Gasteiger partial charge in [-0.25, -0.2) is 0 Å². The Balaban J connectivity index is 2.46. The van der Waals surface area contributed by atoms with Crippen molar-refractivity contribution in [2.75, 3.05) is 18.0 Å². The number of aryl methyl sites for hydroxylation is 1. The van der Waals surface area contributed by atoms with Gasteiger partial charge in [-0.05, 0) is 40.5 Å². The molecule has 0 atom stereocenters. The van der Waals surface area contributed by atoms with Gasteiger partial charge in [-0.3, -0.25) is 4.99 Å². The van der Waals surface area contributed by atoms with Crippen molar-refractivity contribution in [2.24, 2.45) is 4.99 Å². The summed E-state index contributed by atoms with van der Waals surface area (Å²) in [7, 11) is 0. The normalized spacial score (nSPS) is 15.1. The first kappa shape index (κ1) is 9.52. The smallest absolute Gasteiger partial charge is 0.153 e. The number of hydrogen-bond acceptors (Lipinski definition) is 3. The van der Waals surface area contributed by atoms with Gasteiger partial charge in [0.15, 0.2) is 5.75 Å². The van der Waals surface area contributed by atoms with Crippen molar-refractivity contribution in [3.8, 4) is 5.75 Å². The van der Waals surface area contributed by atoms with Crippen LogP contribution in [-0.4, -0.2) is 24.5 Å². The number of benzene rings is 1. The summed E-state index contributed by atoms with van der Waals surface area (Å²) in [5.74, 6) is 0.281. The maximum atomic E-state index is 9.83. The van der Waals surface area contributed by atoms with Crippen molar-refractivity contribution in [3.63, 3.8) is 0 Å². The molecule has 0 saturated heterocycles. The zero-order valence-electron chi connectivity index (χ0n) is 7.87. The van der Waals surface area contributed by atoms with Crippen LogP contribution in [0.3, 0.4) is 0 Å². The molecule has 1 aromatic carbocycles. The highest BCUT2D eigenvalue weighted by Gasteiger charge is 2.14. The number of anilines is 1. The number of aromatic hydroxyl groups is 1. The van der Waals surface area contributed by atoms with E-state index in [4.69, 9.17) is 0 Å². The number of phenolic OH excluding ortho intramolecular Hbond substituents is 1. The number of halogens is 1. The third-order valence-electron chi connectivity index (χ3n) is 2.19. The van der Waals surface area contributed by atoms with E-state index in [9.17, 15) is 5.11 Å². The Kier molecular flexibility index (Phi) is 2.46. The van der Waals surface area contributed by atoms with Gasteiger partial charge >= 0.3 is 0 Å². The summed E-state index contributed by atoms with van der Waals surface area (Å²) < 4.78 is 0.729. The summed E-state index contributed by atoms with van der Waals surface area (Å²) in [6, 6.07) is 3.85. The number of nitrogens with zero attached hydrogens (tertiary/aromatic N) is 2. The molecule has 1 N–H and O–H groups in total. The molecular weight excluding hydrogens is 244 g/mol. The van der Waals surface area contributed by atoms with Gasteiger partial charge in [-0.2, -0.15) is 0 Å². The predicted molar refractivity (Wildman–Crippen MR) is 61.2 cm³/mol. The molecule has 0 fully saturated rings. The summed E-state index contributed by atoms with van der Waals surface area (Å²) in [5.41, 5.74) is 1.93. The second-order valence-electron chi connectivity index (χ2n) is 3.33. The highest BCUT2D eigenvalue weighted by Crippen LogP contribution is 2.35. The van der Waals surface area contributed by atoms with E-state index < -0.39 is 0 Å². The van der Waals surface area contributed by atoms with Crippen LogP contribution in [0.15, 0.2) is 21.6 Å². The quantitative estimate of drug-likeness (QED) is 0.835. The van der Waals surface area contributed by atoms with Gasteiger partial charge in [0.1, 0.15) is 0 Å². The lowest BCUT2D eigenvalue weighted by Gasteiger charge is -2.17. The molecule has 1 heterocycles. The van der Waals surface area contributed by atoms with E-state index in [1.807, 2.05) is 24.0 Å². The maximum absolute atomic E-state index is 9.83. The number of phenols is 1. The fraction of sp³-hybridized carbons (Fsp3) is 0.300. The van der Waals surface area contributed by atoms with Gasteiger partial charge in [0, 0.05) is 6.54 Å². The Bertz CT molecular complexity index is 390. The third kappa shape index (κ3) is 1.62. The first-order valence-electron chi connectivity index (χ1n) is 4.44. The van der Waals surface area contributed by atoms with Gasteiger partial charge < -0.3 is 10.0 Å². The van der Waals surface area contributed by atoms with Gasteiger partial charge in [0.25, 0.3) is 0 Å². The van der Waals surface area contributed by atoms with E-state index >= 15 is 0 Å². The van der Waals surface area contributed by atoms with E-state index in [-0.39, 0.29) is 5.75 Å². The number of aliphatic imine (C=N–C) groups is 1. The molecule has 0 radical (unpaired) electrons. The number of hydrogen-bond donors (Lipinski definition) is 1. The van der Waals surface area contributed by atoms with Crippen molar-refractivity contribution < 1.29 is 5.11 Å². The number of rotatable bonds is 1. The predicted octanol–water partition coefficient (Wildman–Crippen LogP) is 2.31. The molecule has 0 spiro atoms. The topological polar surface area (TPSA) is 35.8 Å². The van der Waals surface area contributed by atoms with Crippen molar-refractivity contribution in [3.05, 3.63) is 22.2 Å². The SMILES string of the molecule is Cc1cc(Br)c(O)c(N2C=NCC2)c1. The molecule has 1 aliphatic rings. The van der Waals surface area contributed by atoms with Crippen LogP contribution < -0.4 is 4.90 Å². The summed E-state index contributed by atoms with van der Waals surface area (Å²) in [4.78, 5) is 6.07. The molecular formula is C10H11BrN2O. The van der Waals surface area contributed by atoms with Crippen LogP contribution >= 0.6 is 15.9 Å². The Hall–Kier alpha value is -1.03. The highest BCUT2D eigenvalue weighted by molar-refractivity contribution is 9.10. The van der Waals surface area contributed by atoms with E-state index in [0.717, 1.165) is 28.8 Å². The van der Waals surface area contributed by atoms with E-state index in [1.165, 1.54) is 0 Å². The van der Waals surface area contributed by atoms with Gasteiger partial charge in [0.2, 0.25) is 0 Å². The van der Waals surface area contributed by atoms with Crippen molar-refractivity contribution >= 4 is 28.0 Å². The second kappa shape index (κ2) is 3.61. The molecule has 1 aromatic rings. The summed E-state index contributed by atoms with van der Waals surface area (Å²) in [5, 5.41) is 9.83. The standard InChI is InChI=1S/C10H11BrN2O/c1-7-4-8(11)10(14)9(5-7)13-3-2-12-6-13/h4-6,14H,2-3H2,1H3. The highest BCUT2D eigenvalue weighted by atomic mass is 79.9. The molecule has 2 rings (SSSR count). The van der Waals surface area contributed by atoms with Gasteiger partial charge in [0.05, 0.1) is 23.0 Å². The first-order valence-corrected chi connectivity index (χ1v) is 5.23. The minimum atomic E-state index is 0.281. The average molecular weight is 255 g/mol. The minimum absolute atomic E-state index is 0.281. The van der Waals surface area contributed by atoms with E-state index in [0.29, 0.717) is 0 Å². The monoisotopic (exact) mass is 254 g/mol. The van der Waals surface area contributed by atoms with Gasteiger partial charge in [-0.15, -0.1) is 0 Å². The maximum Gasteiger partial charge on any atom is 0.153 e. The van der Waals surface area contributed by atoms with Crippen LogP contribution in [0, 0.1) is 6.92 Å². The van der Waals surface area contributed by atoms with Crippen LogP contribution in [0.5, 0.6) is 5.75 Å². The van der Waals surface area contributed by atoms with Crippen LogP contribution in [0.2, 0.25) is 0 Å². The van der Waals surface area contributed by atoms with Gasteiger partial charge in [-0.1, -0.05) is 0 Å². The molecule has 4 heteroatoms. The van der Waals surface area contributed by atoms with Crippen LogP contribution in [0.4, 0.5) is 5.69 Å². The Morgan fingerprint density at radius 1 is 1.50 bits per heavy atom. The van der Waals surface area contributed by atoms with Crippen LogP contribution in [0.25, 0.3) is 0 Å². The molecule has 0 unspecified atom stereocenters.